The van der Waals surface area contributed by atoms with Gasteiger partial charge < -0.3 is 5.32 Å². The molecule has 1 aromatic heterocycles. The van der Waals surface area contributed by atoms with E-state index < -0.39 is 10.0 Å². The summed E-state index contributed by atoms with van der Waals surface area (Å²) >= 11 is 1.03. The Kier molecular flexibility index (Phi) is 5.03. The van der Waals surface area contributed by atoms with Crippen molar-refractivity contribution in [3.05, 3.63) is 52.4 Å². The molecule has 3 rings (SSSR count). The van der Waals surface area contributed by atoms with Crippen LogP contribution in [0, 0.1) is 6.92 Å². The fourth-order valence-corrected chi connectivity index (χ4v) is 5.62. The van der Waals surface area contributed by atoms with Gasteiger partial charge in [0.15, 0.2) is 0 Å². The zero-order valence-electron chi connectivity index (χ0n) is 13.5. The molecule has 1 amide bonds. The summed E-state index contributed by atoms with van der Waals surface area (Å²) in [6, 6.07) is 11.0. The van der Waals surface area contributed by atoms with Crippen molar-refractivity contribution < 1.29 is 13.2 Å². The monoisotopic (exact) mass is 364 g/mol. The van der Waals surface area contributed by atoms with E-state index in [9.17, 15) is 13.2 Å². The fraction of sp³-hybridized carbons (Fsp3) is 0.353. The first-order chi connectivity index (χ1) is 11.5. The molecule has 0 unspecified atom stereocenters. The van der Waals surface area contributed by atoms with Gasteiger partial charge in [0.1, 0.15) is 4.21 Å². The molecule has 1 N–H and O–H groups in total. The second-order valence-electron chi connectivity index (χ2n) is 5.90. The highest BCUT2D eigenvalue weighted by atomic mass is 32.2. The van der Waals surface area contributed by atoms with Gasteiger partial charge >= 0.3 is 0 Å². The van der Waals surface area contributed by atoms with Crippen molar-refractivity contribution in [1.29, 1.82) is 0 Å². The number of sulfonamides is 1. The number of hydrogen-bond acceptors (Lipinski definition) is 4. The molecule has 0 bridgehead atoms. The normalized spacial score (nSPS) is 15.5. The SMILES string of the molecule is Cc1cccc(CNC(=O)c2ccc(S(=O)(=O)N3CCCC3)s2)c1. The average Bonchev–Trinajstić information content (AvgIpc) is 3.24. The van der Waals surface area contributed by atoms with E-state index in [1.807, 2.05) is 31.2 Å². The first kappa shape index (κ1) is 17.1. The molecule has 1 saturated heterocycles. The lowest BCUT2D eigenvalue weighted by Gasteiger charge is -2.13. The maximum absolute atomic E-state index is 12.5. The Bertz CT molecular complexity index is 837. The molecular formula is C17H20N2O3S2. The van der Waals surface area contributed by atoms with Gasteiger partial charge in [-0.05, 0) is 37.5 Å². The lowest BCUT2D eigenvalue weighted by molar-refractivity contribution is 0.0955. The fourth-order valence-electron chi connectivity index (χ4n) is 2.73. The Labute approximate surface area is 146 Å². The number of carbonyl (C=O) groups is 1. The topological polar surface area (TPSA) is 66.5 Å². The summed E-state index contributed by atoms with van der Waals surface area (Å²) in [5, 5.41) is 2.84. The Morgan fingerprint density at radius 1 is 1.21 bits per heavy atom. The summed E-state index contributed by atoms with van der Waals surface area (Å²) in [6.45, 7) is 3.55. The number of nitrogens with zero attached hydrogens (tertiary/aromatic N) is 1. The van der Waals surface area contributed by atoms with Crippen LogP contribution in [-0.4, -0.2) is 31.7 Å². The molecule has 1 aliphatic rings. The Morgan fingerprint density at radius 3 is 2.67 bits per heavy atom. The van der Waals surface area contributed by atoms with Gasteiger partial charge in [-0.15, -0.1) is 11.3 Å². The standard InChI is InChI=1S/C17H20N2O3S2/c1-13-5-4-6-14(11-13)12-18-17(20)15-7-8-16(23-15)24(21,22)19-9-2-3-10-19/h4-8,11H,2-3,9-10,12H2,1H3,(H,18,20). The van der Waals surface area contributed by atoms with Gasteiger partial charge in [-0.3, -0.25) is 4.79 Å². The van der Waals surface area contributed by atoms with E-state index >= 15 is 0 Å². The van der Waals surface area contributed by atoms with E-state index in [0.29, 0.717) is 24.5 Å². The van der Waals surface area contributed by atoms with E-state index in [1.54, 1.807) is 6.07 Å². The van der Waals surface area contributed by atoms with E-state index in [0.717, 1.165) is 35.3 Å². The predicted molar refractivity (Wildman–Crippen MR) is 94.7 cm³/mol. The van der Waals surface area contributed by atoms with Gasteiger partial charge in [0, 0.05) is 19.6 Å². The molecule has 0 aliphatic carbocycles. The molecule has 0 spiro atoms. The molecule has 7 heteroatoms. The van der Waals surface area contributed by atoms with Gasteiger partial charge in [-0.1, -0.05) is 29.8 Å². The largest absolute Gasteiger partial charge is 0.347 e. The van der Waals surface area contributed by atoms with Crippen LogP contribution in [0.25, 0.3) is 0 Å². The second-order valence-corrected chi connectivity index (χ2v) is 9.15. The number of carbonyl (C=O) groups excluding carboxylic acids is 1. The minimum absolute atomic E-state index is 0.241. The molecule has 1 aliphatic heterocycles. The third-order valence-corrected chi connectivity index (χ3v) is 7.45. The van der Waals surface area contributed by atoms with E-state index in [4.69, 9.17) is 0 Å². The third kappa shape index (κ3) is 3.68. The molecular weight excluding hydrogens is 344 g/mol. The summed E-state index contributed by atoms with van der Waals surface area (Å²) in [7, 11) is -3.45. The number of rotatable bonds is 5. The second kappa shape index (κ2) is 7.04. The van der Waals surface area contributed by atoms with Crippen LogP contribution in [0.3, 0.4) is 0 Å². The van der Waals surface area contributed by atoms with Gasteiger partial charge in [-0.2, -0.15) is 4.31 Å². The molecule has 5 nitrogen and oxygen atoms in total. The van der Waals surface area contributed by atoms with Crippen LogP contribution in [-0.2, 0) is 16.6 Å². The van der Waals surface area contributed by atoms with Crippen LogP contribution >= 0.6 is 11.3 Å². The molecule has 1 aromatic carbocycles. The van der Waals surface area contributed by atoms with Crippen LogP contribution in [0.5, 0.6) is 0 Å². The number of nitrogens with one attached hydrogen (secondary N) is 1. The maximum Gasteiger partial charge on any atom is 0.261 e. The molecule has 2 aromatic rings. The number of hydrogen-bond donors (Lipinski definition) is 1. The van der Waals surface area contributed by atoms with Gasteiger partial charge in [0.05, 0.1) is 4.88 Å². The van der Waals surface area contributed by atoms with Crippen LogP contribution in [0.1, 0.15) is 33.6 Å². The van der Waals surface area contributed by atoms with Crippen LogP contribution in [0.15, 0.2) is 40.6 Å². The third-order valence-electron chi connectivity index (χ3n) is 4.00. The first-order valence-corrected chi connectivity index (χ1v) is 10.2. The molecule has 1 fully saturated rings. The van der Waals surface area contributed by atoms with Crippen LogP contribution in [0.4, 0.5) is 0 Å². The molecule has 2 heterocycles. The first-order valence-electron chi connectivity index (χ1n) is 7.90. The quantitative estimate of drug-likeness (QED) is 0.887. The minimum atomic E-state index is -3.45. The minimum Gasteiger partial charge on any atom is -0.347 e. The van der Waals surface area contributed by atoms with E-state index in [-0.39, 0.29) is 10.1 Å². The highest BCUT2D eigenvalue weighted by molar-refractivity contribution is 7.91. The van der Waals surface area contributed by atoms with Crippen molar-refractivity contribution in [2.24, 2.45) is 0 Å². The van der Waals surface area contributed by atoms with Crippen molar-refractivity contribution in [1.82, 2.24) is 9.62 Å². The van der Waals surface area contributed by atoms with Crippen molar-refractivity contribution in [3.8, 4) is 0 Å². The molecule has 24 heavy (non-hydrogen) atoms. The summed E-state index contributed by atoms with van der Waals surface area (Å²) in [4.78, 5) is 12.7. The summed E-state index contributed by atoms with van der Waals surface area (Å²) in [5.41, 5.74) is 2.15. The zero-order chi connectivity index (χ0) is 17.2. The van der Waals surface area contributed by atoms with E-state index in [2.05, 4.69) is 5.32 Å². The van der Waals surface area contributed by atoms with Crippen molar-refractivity contribution in [2.75, 3.05) is 13.1 Å². The van der Waals surface area contributed by atoms with Gasteiger partial charge in [-0.25, -0.2) is 8.42 Å². The Hall–Kier alpha value is -1.70. The summed E-state index contributed by atoms with van der Waals surface area (Å²) in [5.74, 6) is -0.246. The van der Waals surface area contributed by atoms with Crippen molar-refractivity contribution >= 4 is 27.3 Å². The highest BCUT2D eigenvalue weighted by Gasteiger charge is 2.29. The molecule has 0 radical (unpaired) electrons. The molecule has 0 atom stereocenters. The molecule has 128 valence electrons. The number of aryl methyl sites for hydroxylation is 1. The van der Waals surface area contributed by atoms with Crippen molar-refractivity contribution in [2.45, 2.75) is 30.5 Å². The molecule has 0 saturated carbocycles. The Balaban J connectivity index is 1.67. The summed E-state index contributed by atoms with van der Waals surface area (Å²) < 4.78 is 26.7. The number of amides is 1. The predicted octanol–water partition coefficient (Wildman–Crippen LogP) is 2.77. The summed E-state index contributed by atoms with van der Waals surface area (Å²) in [6.07, 6.45) is 1.79. The highest BCUT2D eigenvalue weighted by Crippen LogP contribution is 2.27. The maximum atomic E-state index is 12.5. The van der Waals surface area contributed by atoms with Crippen molar-refractivity contribution in [3.63, 3.8) is 0 Å². The van der Waals surface area contributed by atoms with Gasteiger partial charge in [0.2, 0.25) is 0 Å². The van der Waals surface area contributed by atoms with Crippen LogP contribution < -0.4 is 5.32 Å². The average molecular weight is 364 g/mol. The van der Waals surface area contributed by atoms with E-state index in [1.165, 1.54) is 10.4 Å². The number of thiophene rings is 1. The van der Waals surface area contributed by atoms with Gasteiger partial charge in [0.25, 0.3) is 15.9 Å². The zero-order valence-corrected chi connectivity index (χ0v) is 15.1. The lowest BCUT2D eigenvalue weighted by Crippen LogP contribution is -2.27. The number of benzene rings is 1. The lowest BCUT2D eigenvalue weighted by atomic mass is 10.1. The Morgan fingerprint density at radius 2 is 1.96 bits per heavy atom. The van der Waals surface area contributed by atoms with Crippen LogP contribution in [0.2, 0.25) is 0 Å². The smallest absolute Gasteiger partial charge is 0.261 e.